The van der Waals surface area contributed by atoms with Crippen LogP contribution < -0.4 is 0 Å². The third-order valence-corrected chi connectivity index (χ3v) is 3.45. The second kappa shape index (κ2) is 4.19. The fourth-order valence-electron chi connectivity index (χ4n) is 2.45. The van der Waals surface area contributed by atoms with Crippen LogP contribution in [0, 0.1) is 0 Å². The maximum Gasteiger partial charge on any atom is 0.252 e. The van der Waals surface area contributed by atoms with Gasteiger partial charge in [-0.2, -0.15) is 4.98 Å². The molecule has 6 heteroatoms. The molecule has 0 spiro atoms. The highest BCUT2D eigenvalue weighted by Gasteiger charge is 2.20. The number of carbonyl (C=O) groups is 1. The number of hydrogen-bond donors (Lipinski definition) is 0. The summed E-state index contributed by atoms with van der Waals surface area (Å²) in [6, 6.07) is 3.73. The number of rotatable bonds is 1. The summed E-state index contributed by atoms with van der Waals surface area (Å²) < 4.78 is 1.57. The van der Waals surface area contributed by atoms with Crippen molar-refractivity contribution in [2.45, 2.75) is 19.3 Å². The first-order valence-electron chi connectivity index (χ1n) is 6.51. The van der Waals surface area contributed by atoms with Gasteiger partial charge < -0.3 is 0 Å². The minimum atomic E-state index is 0.138. The molecule has 0 unspecified atom stereocenters. The lowest BCUT2D eigenvalue weighted by atomic mass is 9.96. The average Bonchev–Trinajstić information content (AvgIpc) is 2.90. The van der Waals surface area contributed by atoms with E-state index in [1.54, 1.807) is 23.1 Å². The third-order valence-electron chi connectivity index (χ3n) is 3.45. The lowest BCUT2D eigenvalue weighted by Gasteiger charge is -2.12. The van der Waals surface area contributed by atoms with Gasteiger partial charge in [0.1, 0.15) is 0 Å². The van der Waals surface area contributed by atoms with E-state index in [9.17, 15) is 4.79 Å². The number of hydrogen-bond acceptors (Lipinski definition) is 5. The standard InChI is InChI=1S/C14H11N5O/c20-12-5-1-4-11-10(12)8-19-14(16-11)17-13(18-19)9-3-2-6-15-7-9/h2-3,6-8H,1,4-5H2. The molecule has 3 heterocycles. The maximum atomic E-state index is 11.9. The van der Waals surface area contributed by atoms with Crippen molar-refractivity contribution in [1.82, 2.24) is 24.6 Å². The van der Waals surface area contributed by atoms with Crippen LogP contribution in [-0.2, 0) is 6.42 Å². The van der Waals surface area contributed by atoms with Crippen molar-refractivity contribution in [3.8, 4) is 11.4 Å². The molecule has 3 aromatic heterocycles. The van der Waals surface area contributed by atoms with Gasteiger partial charge in [0, 0.05) is 30.6 Å². The van der Waals surface area contributed by atoms with E-state index < -0.39 is 0 Å². The number of fused-ring (bicyclic) bond motifs is 2. The van der Waals surface area contributed by atoms with Crippen LogP contribution in [0.25, 0.3) is 17.2 Å². The smallest absolute Gasteiger partial charge is 0.252 e. The Balaban J connectivity index is 1.90. The molecule has 0 amide bonds. The summed E-state index contributed by atoms with van der Waals surface area (Å²) in [5.41, 5.74) is 2.34. The second-order valence-electron chi connectivity index (χ2n) is 4.80. The predicted octanol–water partition coefficient (Wildman–Crippen LogP) is 1.71. The molecule has 0 aromatic carbocycles. The van der Waals surface area contributed by atoms with Crippen LogP contribution in [0.1, 0.15) is 28.9 Å². The van der Waals surface area contributed by atoms with E-state index in [1.165, 1.54) is 0 Å². The number of ketones is 1. The van der Waals surface area contributed by atoms with E-state index in [2.05, 4.69) is 20.1 Å². The molecule has 0 saturated carbocycles. The SMILES string of the molecule is O=C1CCCc2nc3nc(-c4cccnc4)nn3cc21. The summed E-state index contributed by atoms with van der Waals surface area (Å²) in [5.74, 6) is 1.23. The summed E-state index contributed by atoms with van der Waals surface area (Å²) in [4.78, 5) is 24.8. The molecule has 0 bridgehead atoms. The molecule has 0 N–H and O–H groups in total. The van der Waals surface area contributed by atoms with E-state index in [0.29, 0.717) is 23.6 Å². The van der Waals surface area contributed by atoms with Crippen LogP contribution in [0.2, 0.25) is 0 Å². The Labute approximate surface area is 114 Å². The largest absolute Gasteiger partial charge is 0.294 e. The average molecular weight is 265 g/mol. The maximum absolute atomic E-state index is 11.9. The molecular weight excluding hydrogens is 254 g/mol. The number of nitrogens with zero attached hydrogens (tertiary/aromatic N) is 5. The minimum Gasteiger partial charge on any atom is -0.294 e. The highest BCUT2D eigenvalue weighted by molar-refractivity contribution is 5.97. The van der Waals surface area contributed by atoms with Gasteiger partial charge in [0.15, 0.2) is 11.6 Å². The number of pyridine rings is 1. The van der Waals surface area contributed by atoms with E-state index in [4.69, 9.17) is 0 Å². The van der Waals surface area contributed by atoms with Gasteiger partial charge in [0.2, 0.25) is 0 Å². The highest BCUT2D eigenvalue weighted by Crippen LogP contribution is 2.21. The molecule has 98 valence electrons. The van der Waals surface area contributed by atoms with E-state index >= 15 is 0 Å². The summed E-state index contributed by atoms with van der Waals surface area (Å²) >= 11 is 0. The normalized spacial score (nSPS) is 14.5. The summed E-state index contributed by atoms with van der Waals surface area (Å²) in [6.45, 7) is 0. The Bertz CT molecular complexity index is 809. The van der Waals surface area contributed by atoms with Crippen molar-refractivity contribution < 1.29 is 4.79 Å². The first-order chi connectivity index (χ1) is 9.81. The quantitative estimate of drug-likeness (QED) is 0.669. The number of Topliss-reactive ketones (excluding diaryl/α,β-unsaturated/α-hetero) is 1. The van der Waals surface area contributed by atoms with Gasteiger partial charge in [-0.05, 0) is 25.0 Å². The molecule has 1 aliphatic carbocycles. The van der Waals surface area contributed by atoms with Crippen LogP contribution >= 0.6 is 0 Å². The van der Waals surface area contributed by atoms with Gasteiger partial charge in [-0.15, -0.1) is 5.10 Å². The molecule has 0 fully saturated rings. The van der Waals surface area contributed by atoms with Gasteiger partial charge in [-0.3, -0.25) is 9.78 Å². The zero-order valence-corrected chi connectivity index (χ0v) is 10.7. The number of carbonyl (C=O) groups excluding carboxylic acids is 1. The molecule has 20 heavy (non-hydrogen) atoms. The molecule has 4 rings (SSSR count). The van der Waals surface area contributed by atoms with Crippen molar-refractivity contribution >= 4 is 11.6 Å². The first kappa shape index (κ1) is 11.2. The van der Waals surface area contributed by atoms with Crippen LogP contribution in [0.5, 0.6) is 0 Å². The monoisotopic (exact) mass is 265 g/mol. The molecule has 3 aromatic rings. The molecule has 1 aliphatic rings. The minimum absolute atomic E-state index is 0.138. The topological polar surface area (TPSA) is 73.0 Å². The molecule has 6 nitrogen and oxygen atoms in total. The van der Waals surface area contributed by atoms with Gasteiger partial charge >= 0.3 is 0 Å². The zero-order valence-electron chi connectivity index (χ0n) is 10.7. The second-order valence-corrected chi connectivity index (χ2v) is 4.80. The van der Waals surface area contributed by atoms with Gasteiger partial charge in [-0.1, -0.05) is 0 Å². The van der Waals surface area contributed by atoms with Crippen LogP contribution in [0.15, 0.2) is 30.7 Å². The first-order valence-corrected chi connectivity index (χ1v) is 6.51. The Morgan fingerprint density at radius 2 is 2.15 bits per heavy atom. The van der Waals surface area contributed by atoms with Crippen LogP contribution in [-0.4, -0.2) is 30.3 Å². The lowest BCUT2D eigenvalue weighted by Crippen LogP contribution is -2.14. The van der Waals surface area contributed by atoms with Crippen molar-refractivity contribution in [3.63, 3.8) is 0 Å². The van der Waals surface area contributed by atoms with Gasteiger partial charge in [0.05, 0.1) is 11.3 Å². The summed E-state index contributed by atoms with van der Waals surface area (Å²) in [6.07, 6.45) is 7.43. The number of aryl methyl sites for hydroxylation is 1. The zero-order chi connectivity index (χ0) is 13.5. The van der Waals surface area contributed by atoms with Gasteiger partial charge in [-0.25, -0.2) is 9.50 Å². The Morgan fingerprint density at radius 1 is 1.20 bits per heavy atom. The van der Waals surface area contributed by atoms with Crippen molar-refractivity contribution in [2.24, 2.45) is 0 Å². The summed E-state index contributed by atoms with van der Waals surface area (Å²) in [5, 5.41) is 4.38. The summed E-state index contributed by atoms with van der Waals surface area (Å²) in [7, 11) is 0. The highest BCUT2D eigenvalue weighted by atomic mass is 16.1. The molecular formula is C14H11N5O. The van der Waals surface area contributed by atoms with E-state index in [1.807, 2.05) is 12.1 Å². The lowest BCUT2D eigenvalue weighted by molar-refractivity contribution is 0.0971. The number of aromatic nitrogens is 5. The Hall–Kier alpha value is -2.63. The van der Waals surface area contributed by atoms with E-state index in [-0.39, 0.29) is 5.78 Å². The fourth-order valence-corrected chi connectivity index (χ4v) is 2.45. The van der Waals surface area contributed by atoms with Crippen LogP contribution in [0.4, 0.5) is 0 Å². The van der Waals surface area contributed by atoms with Crippen molar-refractivity contribution in [1.29, 1.82) is 0 Å². The molecule has 0 aliphatic heterocycles. The third kappa shape index (κ3) is 1.69. The Kier molecular flexibility index (Phi) is 2.35. The predicted molar refractivity (Wildman–Crippen MR) is 71.3 cm³/mol. The van der Waals surface area contributed by atoms with Crippen molar-refractivity contribution in [3.05, 3.63) is 42.0 Å². The molecule has 0 atom stereocenters. The van der Waals surface area contributed by atoms with E-state index in [0.717, 1.165) is 24.1 Å². The van der Waals surface area contributed by atoms with Gasteiger partial charge in [0.25, 0.3) is 5.78 Å². The van der Waals surface area contributed by atoms with Crippen molar-refractivity contribution in [2.75, 3.05) is 0 Å². The molecule has 0 saturated heterocycles. The fraction of sp³-hybridized carbons (Fsp3) is 0.214. The molecule has 0 radical (unpaired) electrons. The van der Waals surface area contributed by atoms with Crippen LogP contribution in [0.3, 0.4) is 0 Å². The Morgan fingerprint density at radius 3 is 3.00 bits per heavy atom.